The maximum atomic E-state index is 12.5. The van der Waals surface area contributed by atoms with Gasteiger partial charge >= 0.3 is 0 Å². The first-order valence-electron chi connectivity index (χ1n) is 9.30. The number of ether oxygens (including phenoxy) is 1. The Balaban J connectivity index is 1.50. The van der Waals surface area contributed by atoms with Gasteiger partial charge in [-0.25, -0.2) is 0 Å². The first-order chi connectivity index (χ1) is 13.6. The van der Waals surface area contributed by atoms with E-state index in [-0.39, 0.29) is 11.8 Å². The third-order valence-corrected chi connectivity index (χ3v) is 4.93. The van der Waals surface area contributed by atoms with E-state index in [9.17, 15) is 9.59 Å². The largest absolute Gasteiger partial charge is 0.492 e. The van der Waals surface area contributed by atoms with Gasteiger partial charge in [0, 0.05) is 37.2 Å². The van der Waals surface area contributed by atoms with Gasteiger partial charge in [-0.05, 0) is 29.8 Å². The maximum absolute atomic E-state index is 12.5. The van der Waals surface area contributed by atoms with Crippen molar-refractivity contribution in [3.63, 3.8) is 0 Å². The molecule has 5 nitrogen and oxygen atoms in total. The highest BCUT2D eigenvalue weighted by atomic mass is 35.5. The summed E-state index contributed by atoms with van der Waals surface area (Å²) in [6, 6.07) is 16.9. The van der Waals surface area contributed by atoms with Gasteiger partial charge in [0.2, 0.25) is 11.8 Å². The van der Waals surface area contributed by atoms with Crippen LogP contribution in [0.15, 0.2) is 60.7 Å². The molecule has 0 radical (unpaired) electrons. The van der Waals surface area contributed by atoms with E-state index in [0.717, 1.165) is 11.3 Å². The molecule has 1 aliphatic heterocycles. The second-order valence-electron chi connectivity index (χ2n) is 6.47. The molecule has 1 saturated heterocycles. The van der Waals surface area contributed by atoms with Gasteiger partial charge in [-0.15, -0.1) is 0 Å². The summed E-state index contributed by atoms with van der Waals surface area (Å²) in [5, 5.41) is 0.599. The number of amides is 2. The standard InChI is InChI=1S/C22H23ClN2O3/c23-20-9-5-4-6-18(20)10-11-21(26)24-13-12-22(27)25(15-14-24)16-17-28-19-7-2-1-3-8-19/h1-11H,12-17H2/b11-10+. The van der Waals surface area contributed by atoms with Crippen LogP contribution in [0.2, 0.25) is 5.02 Å². The second-order valence-corrected chi connectivity index (χ2v) is 6.88. The minimum atomic E-state index is -0.116. The minimum Gasteiger partial charge on any atom is -0.492 e. The number of carbonyl (C=O) groups is 2. The fourth-order valence-corrected chi connectivity index (χ4v) is 3.19. The van der Waals surface area contributed by atoms with Crippen LogP contribution in [-0.4, -0.2) is 54.4 Å². The second kappa shape index (κ2) is 9.95. The molecule has 146 valence electrons. The SMILES string of the molecule is O=C(/C=C/c1ccccc1Cl)N1CCC(=O)N(CCOc2ccccc2)CC1. The van der Waals surface area contributed by atoms with Gasteiger partial charge in [-0.1, -0.05) is 48.0 Å². The van der Waals surface area contributed by atoms with Crippen molar-refractivity contribution in [2.45, 2.75) is 6.42 Å². The molecule has 28 heavy (non-hydrogen) atoms. The first-order valence-corrected chi connectivity index (χ1v) is 9.68. The zero-order valence-electron chi connectivity index (χ0n) is 15.6. The molecule has 0 N–H and O–H groups in total. The highest BCUT2D eigenvalue weighted by molar-refractivity contribution is 6.32. The fraction of sp³-hybridized carbons (Fsp3) is 0.273. The predicted octanol–water partition coefficient (Wildman–Crippen LogP) is 3.49. The number of nitrogens with zero attached hydrogens (tertiary/aromatic N) is 2. The molecule has 0 saturated carbocycles. The molecule has 0 unspecified atom stereocenters. The van der Waals surface area contributed by atoms with Crippen LogP contribution in [-0.2, 0) is 9.59 Å². The first kappa shape index (κ1) is 20.0. The summed E-state index contributed by atoms with van der Waals surface area (Å²) >= 11 is 6.11. The van der Waals surface area contributed by atoms with Crippen molar-refractivity contribution in [2.75, 3.05) is 32.8 Å². The minimum absolute atomic E-state index is 0.0436. The van der Waals surface area contributed by atoms with Crippen LogP contribution in [0.5, 0.6) is 5.75 Å². The lowest BCUT2D eigenvalue weighted by atomic mass is 10.2. The molecule has 1 aliphatic rings. The summed E-state index contributed by atoms with van der Waals surface area (Å²) in [6.07, 6.45) is 3.54. The van der Waals surface area contributed by atoms with Gasteiger partial charge in [0.05, 0.1) is 6.54 Å². The Labute approximate surface area is 170 Å². The Hall–Kier alpha value is -2.79. The van der Waals surface area contributed by atoms with Crippen molar-refractivity contribution in [1.82, 2.24) is 9.80 Å². The smallest absolute Gasteiger partial charge is 0.246 e. The molecule has 6 heteroatoms. The topological polar surface area (TPSA) is 49.9 Å². The van der Waals surface area contributed by atoms with Gasteiger partial charge < -0.3 is 14.5 Å². The quantitative estimate of drug-likeness (QED) is 0.700. The molecular formula is C22H23ClN2O3. The number of para-hydroxylation sites is 1. The summed E-state index contributed by atoms with van der Waals surface area (Å²) < 4.78 is 5.67. The van der Waals surface area contributed by atoms with E-state index >= 15 is 0 Å². The van der Waals surface area contributed by atoms with Crippen molar-refractivity contribution in [1.29, 1.82) is 0 Å². The van der Waals surface area contributed by atoms with E-state index in [1.54, 1.807) is 21.9 Å². The Morgan fingerprint density at radius 2 is 1.79 bits per heavy atom. The molecule has 0 aromatic heterocycles. The summed E-state index contributed by atoms with van der Waals surface area (Å²) in [6.45, 7) is 2.35. The maximum Gasteiger partial charge on any atom is 0.246 e. The number of halogens is 1. The highest BCUT2D eigenvalue weighted by Crippen LogP contribution is 2.16. The predicted molar refractivity (Wildman–Crippen MR) is 110 cm³/mol. The molecule has 0 aliphatic carbocycles. The van der Waals surface area contributed by atoms with Crippen LogP contribution in [0, 0.1) is 0 Å². The van der Waals surface area contributed by atoms with E-state index in [1.807, 2.05) is 48.5 Å². The van der Waals surface area contributed by atoms with E-state index in [4.69, 9.17) is 16.3 Å². The number of hydrogen-bond acceptors (Lipinski definition) is 3. The molecule has 1 heterocycles. The van der Waals surface area contributed by atoms with Gasteiger partial charge in [-0.3, -0.25) is 9.59 Å². The number of benzene rings is 2. The number of rotatable bonds is 6. The Bertz CT molecular complexity index is 839. The summed E-state index contributed by atoms with van der Waals surface area (Å²) in [4.78, 5) is 28.3. The molecule has 2 amide bonds. The van der Waals surface area contributed by atoms with Crippen molar-refractivity contribution >= 4 is 29.5 Å². The number of hydrogen-bond donors (Lipinski definition) is 0. The summed E-state index contributed by atoms with van der Waals surface area (Å²) in [7, 11) is 0. The fourth-order valence-electron chi connectivity index (χ4n) is 2.99. The van der Waals surface area contributed by atoms with Crippen LogP contribution < -0.4 is 4.74 Å². The van der Waals surface area contributed by atoms with E-state index in [2.05, 4.69) is 0 Å². The Morgan fingerprint density at radius 1 is 1.04 bits per heavy atom. The molecular weight excluding hydrogens is 376 g/mol. The molecule has 2 aromatic carbocycles. The normalized spacial score (nSPS) is 15.0. The lowest BCUT2D eigenvalue weighted by Crippen LogP contribution is -2.37. The van der Waals surface area contributed by atoms with Gasteiger partial charge in [0.25, 0.3) is 0 Å². The van der Waals surface area contributed by atoms with E-state index in [0.29, 0.717) is 44.2 Å². The molecule has 0 atom stereocenters. The summed E-state index contributed by atoms with van der Waals surface area (Å²) in [5.41, 5.74) is 0.795. The highest BCUT2D eigenvalue weighted by Gasteiger charge is 2.22. The van der Waals surface area contributed by atoms with Gasteiger partial charge in [0.1, 0.15) is 12.4 Å². The lowest BCUT2D eigenvalue weighted by molar-refractivity contribution is -0.130. The molecule has 0 spiro atoms. The van der Waals surface area contributed by atoms with Crippen molar-refractivity contribution < 1.29 is 14.3 Å². The van der Waals surface area contributed by atoms with Crippen LogP contribution in [0.1, 0.15) is 12.0 Å². The van der Waals surface area contributed by atoms with Crippen LogP contribution in [0.4, 0.5) is 0 Å². The van der Waals surface area contributed by atoms with Crippen LogP contribution in [0.25, 0.3) is 6.08 Å². The van der Waals surface area contributed by atoms with E-state index in [1.165, 1.54) is 6.08 Å². The molecule has 3 rings (SSSR count). The van der Waals surface area contributed by atoms with Crippen molar-refractivity contribution in [2.24, 2.45) is 0 Å². The van der Waals surface area contributed by atoms with Gasteiger partial charge in [-0.2, -0.15) is 0 Å². The van der Waals surface area contributed by atoms with Crippen LogP contribution >= 0.6 is 11.6 Å². The van der Waals surface area contributed by atoms with E-state index < -0.39 is 0 Å². The Morgan fingerprint density at radius 3 is 2.57 bits per heavy atom. The molecule has 2 aromatic rings. The van der Waals surface area contributed by atoms with Crippen LogP contribution in [0.3, 0.4) is 0 Å². The third kappa shape index (κ3) is 5.60. The van der Waals surface area contributed by atoms with Crippen molar-refractivity contribution in [3.05, 3.63) is 71.3 Å². The average molecular weight is 399 g/mol. The molecule has 1 fully saturated rings. The summed E-state index contributed by atoms with van der Waals surface area (Å²) in [5.74, 6) is 0.712. The van der Waals surface area contributed by atoms with Crippen molar-refractivity contribution in [3.8, 4) is 5.75 Å². The monoisotopic (exact) mass is 398 g/mol. The molecule has 0 bridgehead atoms. The Kier molecular flexibility index (Phi) is 7.09. The zero-order chi connectivity index (χ0) is 19.8. The van der Waals surface area contributed by atoms with Gasteiger partial charge in [0.15, 0.2) is 0 Å². The lowest BCUT2D eigenvalue weighted by Gasteiger charge is -2.21. The average Bonchev–Trinajstić information content (AvgIpc) is 2.90. The number of carbonyl (C=O) groups excluding carboxylic acids is 2. The third-order valence-electron chi connectivity index (χ3n) is 4.58. The zero-order valence-corrected chi connectivity index (χ0v) is 16.3.